The molecule has 0 amide bonds. The molecule has 0 bridgehead atoms. The molecule has 0 saturated heterocycles. The van der Waals surface area contributed by atoms with E-state index >= 15 is 0 Å². The molecular weight excluding hydrogens is 420 g/mol. The van der Waals surface area contributed by atoms with Crippen molar-refractivity contribution in [3.63, 3.8) is 0 Å². The van der Waals surface area contributed by atoms with Gasteiger partial charge >= 0.3 is 0 Å². The third-order valence-electron chi connectivity index (χ3n) is 5.05. The zero-order valence-corrected chi connectivity index (χ0v) is 18.6. The van der Waals surface area contributed by atoms with Gasteiger partial charge in [-0.3, -0.25) is 0 Å². The van der Waals surface area contributed by atoms with Crippen LogP contribution in [-0.4, -0.2) is 21.6 Å². The molecule has 0 aliphatic heterocycles. The maximum absolute atomic E-state index is 6.11. The summed E-state index contributed by atoms with van der Waals surface area (Å²) in [5.74, 6) is 3.12. The van der Waals surface area contributed by atoms with Crippen LogP contribution in [0.5, 0.6) is 17.2 Å². The van der Waals surface area contributed by atoms with Crippen molar-refractivity contribution in [3.8, 4) is 17.2 Å². The number of aromatic nitrogens is 3. The largest absolute Gasteiger partial charge is 0.494 e. The summed E-state index contributed by atoms with van der Waals surface area (Å²) >= 11 is 1.62. The van der Waals surface area contributed by atoms with Gasteiger partial charge in [0.1, 0.15) is 29.4 Å². The molecule has 5 rings (SSSR count). The molecule has 0 spiro atoms. The topological polar surface area (TPSA) is 69.2 Å². The second-order valence-corrected chi connectivity index (χ2v) is 8.33. The summed E-state index contributed by atoms with van der Waals surface area (Å²) in [5, 5.41) is 4.32. The first kappa shape index (κ1) is 20.2. The van der Waals surface area contributed by atoms with Gasteiger partial charge in [-0.25, -0.2) is 15.0 Å². The van der Waals surface area contributed by atoms with E-state index in [2.05, 4.69) is 27.2 Å². The summed E-state index contributed by atoms with van der Waals surface area (Å²) < 4.78 is 13.0. The number of aryl methyl sites for hydroxylation is 1. The molecule has 160 valence electrons. The smallest absolute Gasteiger partial charge is 0.141 e. The van der Waals surface area contributed by atoms with Crippen molar-refractivity contribution in [1.82, 2.24) is 15.0 Å². The quantitative estimate of drug-likeness (QED) is 0.296. The predicted octanol–water partition coefficient (Wildman–Crippen LogP) is 6.87. The highest BCUT2D eigenvalue weighted by atomic mass is 32.1. The van der Waals surface area contributed by atoms with E-state index in [0.717, 1.165) is 61.9 Å². The molecule has 0 fully saturated rings. The minimum absolute atomic E-state index is 0.679. The SMILES string of the molecule is CCCOc1ccc2ncnc(Nc3ccc(Oc4ccc5scnc5c4)c(C)c3)c2c1. The molecule has 0 atom stereocenters. The minimum atomic E-state index is 0.679. The van der Waals surface area contributed by atoms with Crippen molar-refractivity contribution in [2.75, 3.05) is 11.9 Å². The van der Waals surface area contributed by atoms with E-state index in [1.807, 2.05) is 67.0 Å². The normalized spacial score (nSPS) is 11.1. The van der Waals surface area contributed by atoms with Gasteiger partial charge in [-0.05, 0) is 67.4 Å². The van der Waals surface area contributed by atoms with Crippen LogP contribution in [0.2, 0.25) is 0 Å². The van der Waals surface area contributed by atoms with Crippen LogP contribution in [-0.2, 0) is 0 Å². The fraction of sp³-hybridized carbons (Fsp3) is 0.160. The third-order valence-corrected chi connectivity index (χ3v) is 5.86. The average Bonchev–Trinajstić information content (AvgIpc) is 3.28. The Morgan fingerprint density at radius 2 is 1.81 bits per heavy atom. The number of hydrogen-bond acceptors (Lipinski definition) is 7. The van der Waals surface area contributed by atoms with Gasteiger partial charge in [0.2, 0.25) is 0 Å². The monoisotopic (exact) mass is 442 g/mol. The molecule has 32 heavy (non-hydrogen) atoms. The van der Waals surface area contributed by atoms with Gasteiger partial charge in [-0.15, -0.1) is 11.3 Å². The second kappa shape index (κ2) is 8.80. The molecule has 0 aliphatic rings. The van der Waals surface area contributed by atoms with Crippen LogP contribution in [0.15, 0.2) is 66.4 Å². The highest BCUT2D eigenvalue weighted by molar-refractivity contribution is 7.16. The van der Waals surface area contributed by atoms with E-state index in [9.17, 15) is 0 Å². The molecule has 6 nitrogen and oxygen atoms in total. The fourth-order valence-electron chi connectivity index (χ4n) is 3.45. The number of benzene rings is 3. The van der Waals surface area contributed by atoms with Crippen molar-refractivity contribution in [2.45, 2.75) is 20.3 Å². The summed E-state index contributed by atoms with van der Waals surface area (Å²) in [6.07, 6.45) is 2.52. The van der Waals surface area contributed by atoms with Gasteiger partial charge in [0.05, 0.1) is 27.9 Å². The van der Waals surface area contributed by atoms with Gasteiger partial charge < -0.3 is 14.8 Å². The Hall–Kier alpha value is -3.71. The summed E-state index contributed by atoms with van der Waals surface area (Å²) in [5.41, 5.74) is 5.58. The van der Waals surface area contributed by atoms with Crippen LogP contribution in [0.1, 0.15) is 18.9 Å². The number of ether oxygens (including phenoxy) is 2. The van der Waals surface area contributed by atoms with Crippen molar-refractivity contribution in [1.29, 1.82) is 0 Å². The zero-order valence-electron chi connectivity index (χ0n) is 17.8. The molecule has 0 aliphatic carbocycles. The average molecular weight is 443 g/mol. The maximum Gasteiger partial charge on any atom is 0.141 e. The summed E-state index contributed by atoms with van der Waals surface area (Å²) in [6.45, 7) is 4.79. The lowest BCUT2D eigenvalue weighted by molar-refractivity contribution is 0.318. The van der Waals surface area contributed by atoms with Gasteiger partial charge in [0.25, 0.3) is 0 Å². The predicted molar refractivity (Wildman–Crippen MR) is 129 cm³/mol. The summed E-state index contributed by atoms with van der Waals surface area (Å²) in [7, 11) is 0. The highest BCUT2D eigenvalue weighted by Gasteiger charge is 2.09. The van der Waals surface area contributed by atoms with Crippen molar-refractivity contribution >= 4 is 44.0 Å². The number of thiazole rings is 1. The van der Waals surface area contributed by atoms with Crippen molar-refractivity contribution < 1.29 is 9.47 Å². The molecule has 5 aromatic rings. The standard InChI is InChI=1S/C25H22N4O2S/c1-3-10-30-18-5-7-21-20(12-18)25(27-14-26-21)29-17-4-8-23(16(2)11-17)31-19-6-9-24-22(13-19)28-15-32-24/h4-9,11-15H,3,10H2,1-2H3,(H,26,27,29). The molecule has 0 radical (unpaired) electrons. The first-order chi connectivity index (χ1) is 15.7. The Morgan fingerprint density at radius 1 is 0.906 bits per heavy atom. The van der Waals surface area contributed by atoms with Crippen LogP contribution in [0.3, 0.4) is 0 Å². The van der Waals surface area contributed by atoms with E-state index in [4.69, 9.17) is 9.47 Å². The fourth-order valence-corrected chi connectivity index (χ4v) is 4.11. The van der Waals surface area contributed by atoms with Crippen LogP contribution < -0.4 is 14.8 Å². The molecule has 0 unspecified atom stereocenters. The number of hydrogen-bond donors (Lipinski definition) is 1. The molecule has 1 N–H and O–H groups in total. The Balaban J connectivity index is 1.38. The highest BCUT2D eigenvalue weighted by Crippen LogP contribution is 2.32. The van der Waals surface area contributed by atoms with Crippen LogP contribution in [0, 0.1) is 6.92 Å². The van der Waals surface area contributed by atoms with E-state index in [-0.39, 0.29) is 0 Å². The first-order valence-corrected chi connectivity index (χ1v) is 11.3. The Bertz CT molecular complexity index is 1400. The number of nitrogens with zero attached hydrogens (tertiary/aromatic N) is 3. The number of nitrogens with one attached hydrogen (secondary N) is 1. The first-order valence-electron chi connectivity index (χ1n) is 10.5. The number of anilines is 2. The molecular formula is C25H22N4O2S. The lowest BCUT2D eigenvalue weighted by Gasteiger charge is -2.13. The lowest BCUT2D eigenvalue weighted by atomic mass is 10.2. The van der Waals surface area contributed by atoms with E-state index < -0.39 is 0 Å². The molecule has 7 heteroatoms. The zero-order chi connectivity index (χ0) is 21.9. The Labute approximate surface area is 189 Å². The molecule has 3 aromatic carbocycles. The van der Waals surface area contributed by atoms with Crippen molar-refractivity contribution in [3.05, 3.63) is 72.0 Å². The number of rotatable bonds is 7. The summed E-state index contributed by atoms with van der Waals surface area (Å²) in [6, 6.07) is 17.8. The lowest BCUT2D eigenvalue weighted by Crippen LogP contribution is -1.99. The van der Waals surface area contributed by atoms with Crippen LogP contribution in [0.4, 0.5) is 11.5 Å². The van der Waals surface area contributed by atoms with Gasteiger partial charge in [-0.1, -0.05) is 6.92 Å². The maximum atomic E-state index is 6.11. The minimum Gasteiger partial charge on any atom is -0.494 e. The number of fused-ring (bicyclic) bond motifs is 2. The second-order valence-electron chi connectivity index (χ2n) is 7.44. The molecule has 2 heterocycles. The van der Waals surface area contributed by atoms with Gasteiger partial charge in [0.15, 0.2) is 0 Å². The third kappa shape index (κ3) is 4.20. The van der Waals surface area contributed by atoms with Gasteiger partial charge in [0, 0.05) is 17.1 Å². The van der Waals surface area contributed by atoms with Crippen LogP contribution in [0.25, 0.3) is 21.1 Å². The Morgan fingerprint density at radius 3 is 2.69 bits per heavy atom. The van der Waals surface area contributed by atoms with E-state index in [0.29, 0.717) is 6.61 Å². The van der Waals surface area contributed by atoms with Crippen molar-refractivity contribution in [2.24, 2.45) is 0 Å². The van der Waals surface area contributed by atoms with E-state index in [1.54, 1.807) is 17.7 Å². The molecule has 0 saturated carbocycles. The summed E-state index contributed by atoms with van der Waals surface area (Å²) in [4.78, 5) is 13.2. The Kier molecular flexibility index (Phi) is 5.56. The molecule has 2 aromatic heterocycles. The van der Waals surface area contributed by atoms with Crippen LogP contribution >= 0.6 is 11.3 Å². The van der Waals surface area contributed by atoms with E-state index in [1.165, 1.54) is 0 Å². The van der Waals surface area contributed by atoms with Gasteiger partial charge in [-0.2, -0.15) is 0 Å².